The summed E-state index contributed by atoms with van der Waals surface area (Å²) < 4.78 is 5.52. The summed E-state index contributed by atoms with van der Waals surface area (Å²) in [6.45, 7) is 6.60. The fourth-order valence-electron chi connectivity index (χ4n) is 1.96. The number of nitrogens with one attached hydrogen (secondary N) is 2. The second kappa shape index (κ2) is 9.00. The van der Waals surface area contributed by atoms with Crippen LogP contribution in [-0.4, -0.2) is 31.0 Å². The van der Waals surface area contributed by atoms with Gasteiger partial charge >= 0.3 is 0 Å². The van der Waals surface area contributed by atoms with Gasteiger partial charge in [-0.2, -0.15) is 0 Å². The van der Waals surface area contributed by atoms with Crippen molar-refractivity contribution in [3.05, 3.63) is 29.8 Å². The molecule has 1 atom stereocenters. The van der Waals surface area contributed by atoms with E-state index in [1.54, 1.807) is 6.92 Å². The van der Waals surface area contributed by atoms with E-state index in [2.05, 4.69) is 10.6 Å². The van der Waals surface area contributed by atoms with Crippen LogP contribution in [0.5, 0.6) is 5.75 Å². The van der Waals surface area contributed by atoms with E-state index in [-0.39, 0.29) is 11.8 Å². The lowest BCUT2D eigenvalue weighted by atomic mass is 10.1. The fraction of sp³-hybridized carbons (Fsp3) is 0.500. The Labute approximate surface area is 126 Å². The van der Waals surface area contributed by atoms with Gasteiger partial charge in [0, 0.05) is 13.0 Å². The highest BCUT2D eigenvalue weighted by Gasteiger charge is 2.14. The smallest absolute Gasteiger partial charge is 0.242 e. The van der Waals surface area contributed by atoms with Crippen molar-refractivity contribution < 1.29 is 14.3 Å². The molecule has 0 aliphatic carbocycles. The van der Waals surface area contributed by atoms with Crippen LogP contribution in [0, 0.1) is 0 Å². The second-order valence-electron chi connectivity index (χ2n) is 4.72. The molecule has 0 heterocycles. The molecular formula is C16H24N2O3. The molecule has 1 rings (SSSR count). The molecule has 0 aliphatic rings. The first-order valence-electron chi connectivity index (χ1n) is 7.36. The third-order valence-corrected chi connectivity index (χ3v) is 3.02. The Balaban J connectivity index is 2.48. The van der Waals surface area contributed by atoms with Crippen molar-refractivity contribution in [1.29, 1.82) is 0 Å². The Hall–Kier alpha value is -2.04. The number of carbonyl (C=O) groups excluding carboxylic acids is 2. The minimum Gasteiger partial charge on any atom is -0.494 e. The second-order valence-corrected chi connectivity index (χ2v) is 4.72. The van der Waals surface area contributed by atoms with E-state index >= 15 is 0 Å². The minimum atomic E-state index is -0.514. The zero-order valence-corrected chi connectivity index (χ0v) is 12.9. The quantitative estimate of drug-likeness (QED) is 0.765. The average molecular weight is 292 g/mol. The van der Waals surface area contributed by atoms with Crippen LogP contribution in [0.15, 0.2) is 24.3 Å². The molecule has 0 aliphatic heterocycles. The number of hydrogen-bond donors (Lipinski definition) is 2. The molecule has 0 bridgehead atoms. The number of ether oxygens (including phenoxy) is 1. The number of hydrogen-bond acceptors (Lipinski definition) is 3. The number of para-hydroxylation sites is 1. The molecule has 0 spiro atoms. The molecule has 0 aromatic heterocycles. The minimum absolute atomic E-state index is 0.139. The van der Waals surface area contributed by atoms with E-state index in [1.807, 2.05) is 38.1 Å². The average Bonchev–Trinajstić information content (AvgIpc) is 2.47. The van der Waals surface area contributed by atoms with Gasteiger partial charge in [-0.3, -0.25) is 9.59 Å². The van der Waals surface area contributed by atoms with E-state index in [0.717, 1.165) is 11.3 Å². The predicted octanol–water partition coefficient (Wildman–Crippen LogP) is 1.66. The van der Waals surface area contributed by atoms with E-state index in [9.17, 15) is 9.59 Å². The summed E-state index contributed by atoms with van der Waals surface area (Å²) in [6, 6.07) is 7.16. The van der Waals surface area contributed by atoms with Crippen LogP contribution in [0.2, 0.25) is 0 Å². The Bertz CT molecular complexity index is 474. The first kappa shape index (κ1) is 17.0. The summed E-state index contributed by atoms with van der Waals surface area (Å²) in [5, 5.41) is 5.37. The van der Waals surface area contributed by atoms with E-state index in [0.29, 0.717) is 26.0 Å². The van der Waals surface area contributed by atoms with Gasteiger partial charge in [0.2, 0.25) is 11.8 Å². The van der Waals surface area contributed by atoms with Crippen molar-refractivity contribution in [2.75, 3.05) is 13.2 Å². The number of aryl methyl sites for hydroxylation is 1. The molecular weight excluding hydrogens is 268 g/mol. The zero-order valence-electron chi connectivity index (χ0n) is 12.9. The predicted molar refractivity (Wildman–Crippen MR) is 82.2 cm³/mol. The lowest BCUT2D eigenvalue weighted by molar-refractivity contribution is -0.128. The molecule has 0 fully saturated rings. The highest BCUT2D eigenvalue weighted by molar-refractivity contribution is 5.87. The largest absolute Gasteiger partial charge is 0.494 e. The van der Waals surface area contributed by atoms with E-state index in [4.69, 9.17) is 4.74 Å². The molecule has 2 amide bonds. The van der Waals surface area contributed by atoms with Crippen molar-refractivity contribution in [2.45, 2.75) is 39.7 Å². The Morgan fingerprint density at radius 3 is 2.62 bits per heavy atom. The molecule has 5 nitrogen and oxygen atoms in total. The van der Waals surface area contributed by atoms with Gasteiger partial charge < -0.3 is 15.4 Å². The number of carbonyl (C=O) groups is 2. The monoisotopic (exact) mass is 292 g/mol. The summed E-state index contributed by atoms with van der Waals surface area (Å²) >= 11 is 0. The van der Waals surface area contributed by atoms with Gasteiger partial charge in [0.15, 0.2) is 0 Å². The highest BCUT2D eigenvalue weighted by Crippen LogP contribution is 2.19. The maximum absolute atomic E-state index is 11.9. The van der Waals surface area contributed by atoms with Gasteiger partial charge in [0.1, 0.15) is 11.8 Å². The lowest BCUT2D eigenvalue weighted by Gasteiger charge is -2.14. The van der Waals surface area contributed by atoms with Gasteiger partial charge in [0.05, 0.1) is 6.61 Å². The van der Waals surface area contributed by atoms with Crippen molar-refractivity contribution in [3.63, 3.8) is 0 Å². The van der Waals surface area contributed by atoms with Crippen LogP contribution in [0.25, 0.3) is 0 Å². The molecule has 21 heavy (non-hydrogen) atoms. The number of amides is 2. The maximum atomic E-state index is 11.9. The van der Waals surface area contributed by atoms with E-state index in [1.165, 1.54) is 0 Å². The molecule has 5 heteroatoms. The molecule has 1 aromatic carbocycles. The van der Waals surface area contributed by atoms with Gasteiger partial charge in [-0.05, 0) is 38.8 Å². The first-order valence-corrected chi connectivity index (χ1v) is 7.36. The Morgan fingerprint density at radius 2 is 1.95 bits per heavy atom. The maximum Gasteiger partial charge on any atom is 0.242 e. The standard InChI is InChI=1S/C16H24N2O3/c1-4-17-16(20)12(3)18-15(19)11-10-13-8-6-7-9-14(13)21-5-2/h6-9,12H,4-5,10-11H2,1-3H3,(H,17,20)(H,18,19)/t12-/m1/s1. The van der Waals surface area contributed by atoms with Gasteiger partial charge in [0.25, 0.3) is 0 Å². The fourth-order valence-corrected chi connectivity index (χ4v) is 1.96. The Kier molecular flexibility index (Phi) is 7.29. The zero-order chi connectivity index (χ0) is 15.7. The van der Waals surface area contributed by atoms with Crippen molar-refractivity contribution >= 4 is 11.8 Å². The van der Waals surface area contributed by atoms with Crippen molar-refractivity contribution in [3.8, 4) is 5.75 Å². The topological polar surface area (TPSA) is 67.4 Å². The molecule has 0 unspecified atom stereocenters. The summed E-state index contributed by atoms with van der Waals surface area (Å²) in [6.07, 6.45) is 0.915. The molecule has 0 saturated carbocycles. The van der Waals surface area contributed by atoms with Gasteiger partial charge in [-0.25, -0.2) is 0 Å². The lowest BCUT2D eigenvalue weighted by Crippen LogP contribution is -2.44. The number of likely N-dealkylation sites (N-methyl/N-ethyl adjacent to an activating group) is 1. The number of benzene rings is 1. The third-order valence-electron chi connectivity index (χ3n) is 3.02. The normalized spacial score (nSPS) is 11.6. The molecule has 1 aromatic rings. The van der Waals surface area contributed by atoms with Crippen molar-refractivity contribution in [2.24, 2.45) is 0 Å². The van der Waals surface area contributed by atoms with Crippen LogP contribution in [0.3, 0.4) is 0 Å². The first-order chi connectivity index (χ1) is 10.1. The summed E-state index contributed by atoms with van der Waals surface area (Å²) in [4.78, 5) is 23.4. The molecule has 0 radical (unpaired) electrons. The van der Waals surface area contributed by atoms with Crippen LogP contribution in [0.4, 0.5) is 0 Å². The molecule has 2 N–H and O–H groups in total. The summed E-state index contributed by atoms with van der Waals surface area (Å²) in [5.41, 5.74) is 1.00. The molecule has 0 saturated heterocycles. The van der Waals surface area contributed by atoms with Crippen LogP contribution in [-0.2, 0) is 16.0 Å². The van der Waals surface area contributed by atoms with Crippen LogP contribution >= 0.6 is 0 Å². The van der Waals surface area contributed by atoms with Gasteiger partial charge in [-0.15, -0.1) is 0 Å². The Morgan fingerprint density at radius 1 is 1.24 bits per heavy atom. The van der Waals surface area contributed by atoms with Crippen LogP contribution in [0.1, 0.15) is 32.8 Å². The highest BCUT2D eigenvalue weighted by atomic mass is 16.5. The van der Waals surface area contributed by atoms with Gasteiger partial charge in [-0.1, -0.05) is 18.2 Å². The molecule has 116 valence electrons. The van der Waals surface area contributed by atoms with Crippen molar-refractivity contribution in [1.82, 2.24) is 10.6 Å². The summed E-state index contributed by atoms with van der Waals surface area (Å²) in [7, 11) is 0. The van der Waals surface area contributed by atoms with E-state index < -0.39 is 6.04 Å². The third kappa shape index (κ3) is 5.85. The van der Waals surface area contributed by atoms with Crippen LogP contribution < -0.4 is 15.4 Å². The number of rotatable bonds is 8. The summed E-state index contributed by atoms with van der Waals surface area (Å²) in [5.74, 6) is 0.505. The SMILES string of the molecule is CCNC(=O)[C@@H](C)NC(=O)CCc1ccccc1OCC.